The van der Waals surface area contributed by atoms with Crippen molar-refractivity contribution in [2.75, 3.05) is 0 Å². The fourth-order valence-corrected chi connectivity index (χ4v) is 1.82. The van der Waals surface area contributed by atoms with E-state index >= 15 is 0 Å². The topological polar surface area (TPSA) is 0 Å². The summed E-state index contributed by atoms with van der Waals surface area (Å²) in [6, 6.07) is 4.81. The summed E-state index contributed by atoms with van der Waals surface area (Å²) in [7, 11) is 0. The first-order valence-corrected chi connectivity index (χ1v) is 4.35. The Morgan fingerprint density at radius 3 is 2.33 bits per heavy atom. The average Bonchev–Trinajstić information content (AvgIpc) is 1.83. The van der Waals surface area contributed by atoms with Crippen molar-refractivity contribution in [1.29, 1.82) is 0 Å². The molecule has 12 heavy (non-hydrogen) atoms. The van der Waals surface area contributed by atoms with Crippen molar-refractivity contribution in [3.05, 3.63) is 33.8 Å². The van der Waals surface area contributed by atoms with Gasteiger partial charge in [-0.05, 0) is 18.6 Å². The van der Waals surface area contributed by atoms with Gasteiger partial charge in [-0.3, -0.25) is 0 Å². The van der Waals surface area contributed by atoms with Gasteiger partial charge in [0.25, 0.3) is 5.92 Å². The third-order valence-corrected chi connectivity index (χ3v) is 2.25. The maximum atomic E-state index is 12.8. The van der Waals surface area contributed by atoms with Gasteiger partial charge in [0.05, 0.1) is 0 Å². The zero-order valence-corrected chi connectivity index (χ0v) is 8.45. The van der Waals surface area contributed by atoms with Crippen LogP contribution in [0.4, 0.5) is 8.78 Å². The largest absolute Gasteiger partial charge is 0.271 e. The highest BCUT2D eigenvalue weighted by molar-refractivity contribution is 9.10. The molecule has 66 valence electrons. The zero-order chi connectivity index (χ0) is 9.35. The van der Waals surface area contributed by atoms with E-state index in [4.69, 9.17) is 0 Å². The van der Waals surface area contributed by atoms with Gasteiger partial charge in [0.2, 0.25) is 0 Å². The van der Waals surface area contributed by atoms with Crippen molar-refractivity contribution in [3.63, 3.8) is 0 Å². The number of aryl methyl sites for hydroxylation is 1. The van der Waals surface area contributed by atoms with E-state index in [2.05, 4.69) is 15.9 Å². The molecule has 0 nitrogen and oxygen atoms in total. The fourth-order valence-electron chi connectivity index (χ4n) is 0.976. The Morgan fingerprint density at radius 1 is 1.33 bits per heavy atom. The molecule has 0 heterocycles. The maximum Gasteiger partial charge on any atom is 0.271 e. The predicted octanol–water partition coefficient (Wildman–Crippen LogP) is 3.87. The molecule has 0 aliphatic heterocycles. The lowest BCUT2D eigenvalue weighted by Crippen LogP contribution is -2.07. The van der Waals surface area contributed by atoms with Crippen LogP contribution in [0, 0.1) is 6.92 Å². The minimum absolute atomic E-state index is 0.0353. The summed E-state index contributed by atoms with van der Waals surface area (Å²) in [5.41, 5.74) is 1.00. The number of rotatable bonds is 1. The third-order valence-electron chi connectivity index (χ3n) is 1.60. The molecule has 0 aromatic heterocycles. The first kappa shape index (κ1) is 9.65. The first-order valence-electron chi connectivity index (χ1n) is 3.55. The molecule has 1 aromatic rings. The molecule has 0 saturated carbocycles. The van der Waals surface area contributed by atoms with Gasteiger partial charge in [-0.2, -0.15) is 0 Å². The lowest BCUT2D eigenvalue weighted by molar-refractivity contribution is 0.0167. The molecule has 1 rings (SSSR count). The van der Waals surface area contributed by atoms with Crippen LogP contribution in [-0.4, -0.2) is 0 Å². The van der Waals surface area contributed by atoms with Crippen LogP contribution >= 0.6 is 15.9 Å². The van der Waals surface area contributed by atoms with Gasteiger partial charge in [0, 0.05) is 17.0 Å². The zero-order valence-electron chi connectivity index (χ0n) is 6.87. The van der Waals surface area contributed by atoms with Crippen LogP contribution in [0.1, 0.15) is 18.1 Å². The predicted molar refractivity (Wildman–Crippen MR) is 48.4 cm³/mol. The van der Waals surface area contributed by atoms with Crippen molar-refractivity contribution in [2.24, 2.45) is 0 Å². The van der Waals surface area contributed by atoms with Gasteiger partial charge in [0.1, 0.15) is 0 Å². The molecule has 0 amide bonds. The Labute approximate surface area is 78.7 Å². The van der Waals surface area contributed by atoms with Crippen molar-refractivity contribution in [1.82, 2.24) is 0 Å². The van der Waals surface area contributed by atoms with E-state index in [1.807, 2.05) is 6.92 Å². The standard InChI is InChI=1S/C9H9BrF2/c1-6-3-4-7(8(10)5-6)9(2,11)12/h3-5H,1-2H3. The van der Waals surface area contributed by atoms with Crippen molar-refractivity contribution < 1.29 is 8.78 Å². The van der Waals surface area contributed by atoms with Crippen LogP contribution in [0.2, 0.25) is 0 Å². The van der Waals surface area contributed by atoms with Gasteiger partial charge in [-0.1, -0.05) is 28.1 Å². The van der Waals surface area contributed by atoms with Gasteiger partial charge in [0.15, 0.2) is 0 Å². The molecular formula is C9H9BrF2. The highest BCUT2D eigenvalue weighted by atomic mass is 79.9. The van der Waals surface area contributed by atoms with Gasteiger partial charge < -0.3 is 0 Å². The van der Waals surface area contributed by atoms with Gasteiger partial charge >= 0.3 is 0 Å². The maximum absolute atomic E-state index is 12.8. The van der Waals surface area contributed by atoms with Crippen LogP contribution in [0.15, 0.2) is 22.7 Å². The molecule has 0 aliphatic rings. The normalized spacial score (nSPS) is 11.8. The smallest absolute Gasteiger partial charge is 0.202 e. The Kier molecular flexibility index (Phi) is 2.52. The first-order chi connectivity index (χ1) is 5.41. The van der Waals surface area contributed by atoms with E-state index in [1.165, 1.54) is 6.07 Å². The highest BCUT2D eigenvalue weighted by Crippen LogP contribution is 2.33. The number of alkyl halides is 2. The highest BCUT2D eigenvalue weighted by Gasteiger charge is 2.26. The minimum Gasteiger partial charge on any atom is -0.202 e. The summed E-state index contributed by atoms with van der Waals surface area (Å²) >= 11 is 3.10. The quantitative estimate of drug-likeness (QED) is 0.693. The van der Waals surface area contributed by atoms with Crippen molar-refractivity contribution in [3.8, 4) is 0 Å². The lowest BCUT2D eigenvalue weighted by Gasteiger charge is -2.12. The average molecular weight is 235 g/mol. The number of halogens is 3. The van der Waals surface area contributed by atoms with Crippen LogP contribution in [-0.2, 0) is 5.92 Å². The van der Waals surface area contributed by atoms with Crippen LogP contribution < -0.4 is 0 Å². The summed E-state index contributed by atoms with van der Waals surface area (Å²) in [4.78, 5) is 0. The summed E-state index contributed by atoms with van der Waals surface area (Å²) in [5.74, 6) is -2.77. The molecule has 1 aromatic carbocycles. The molecule has 0 aliphatic carbocycles. The number of benzene rings is 1. The van der Waals surface area contributed by atoms with E-state index in [0.717, 1.165) is 12.5 Å². The Hall–Kier alpha value is -0.440. The summed E-state index contributed by atoms with van der Waals surface area (Å²) in [5, 5.41) is 0. The van der Waals surface area contributed by atoms with Crippen molar-refractivity contribution in [2.45, 2.75) is 19.8 Å². The van der Waals surface area contributed by atoms with E-state index in [9.17, 15) is 8.78 Å². The van der Waals surface area contributed by atoms with E-state index < -0.39 is 5.92 Å². The van der Waals surface area contributed by atoms with E-state index in [1.54, 1.807) is 12.1 Å². The molecule has 0 spiro atoms. The number of hydrogen-bond donors (Lipinski definition) is 0. The van der Waals surface area contributed by atoms with Gasteiger partial charge in [-0.25, -0.2) is 8.78 Å². The molecule has 0 fully saturated rings. The molecule has 0 radical (unpaired) electrons. The summed E-state index contributed by atoms with van der Waals surface area (Å²) in [6.07, 6.45) is 0. The van der Waals surface area contributed by atoms with Crippen LogP contribution in [0.25, 0.3) is 0 Å². The second kappa shape index (κ2) is 3.13. The molecule has 0 saturated heterocycles. The van der Waals surface area contributed by atoms with Gasteiger partial charge in [-0.15, -0.1) is 0 Å². The molecule has 0 bridgehead atoms. The fraction of sp³-hybridized carbons (Fsp3) is 0.333. The second-order valence-corrected chi connectivity index (χ2v) is 3.73. The van der Waals surface area contributed by atoms with E-state index in [0.29, 0.717) is 4.47 Å². The minimum atomic E-state index is -2.77. The second-order valence-electron chi connectivity index (χ2n) is 2.87. The number of hydrogen-bond acceptors (Lipinski definition) is 0. The molecule has 0 N–H and O–H groups in total. The summed E-state index contributed by atoms with van der Waals surface area (Å²) in [6.45, 7) is 2.75. The molecular weight excluding hydrogens is 226 g/mol. The molecule has 0 unspecified atom stereocenters. The Morgan fingerprint density at radius 2 is 1.92 bits per heavy atom. The van der Waals surface area contributed by atoms with E-state index in [-0.39, 0.29) is 5.56 Å². The third kappa shape index (κ3) is 2.03. The SMILES string of the molecule is Cc1ccc(C(C)(F)F)c(Br)c1. The Balaban J connectivity index is 3.19. The molecule has 0 atom stereocenters. The molecule has 3 heteroatoms. The lowest BCUT2D eigenvalue weighted by atomic mass is 10.1. The summed E-state index contributed by atoms with van der Waals surface area (Å²) < 4.78 is 26.1. The van der Waals surface area contributed by atoms with Crippen molar-refractivity contribution >= 4 is 15.9 Å². The van der Waals surface area contributed by atoms with Crippen LogP contribution in [0.3, 0.4) is 0 Å². The Bertz CT molecular complexity index is 289. The monoisotopic (exact) mass is 234 g/mol. The van der Waals surface area contributed by atoms with Crippen LogP contribution in [0.5, 0.6) is 0 Å².